The monoisotopic (exact) mass is 160 g/mol. The molecule has 0 radical (unpaired) electrons. The lowest BCUT2D eigenvalue weighted by Gasteiger charge is -2.22. The van der Waals surface area contributed by atoms with Crippen molar-refractivity contribution >= 4 is 17.0 Å². The zero-order valence-corrected chi connectivity index (χ0v) is 6.95. The van der Waals surface area contributed by atoms with E-state index >= 15 is 0 Å². The standard InChI is InChI=1S/C7H12O2S/c1-6(8)7-3-2-4-10(9)5-7/h7H,2-5H2,1H3. The highest BCUT2D eigenvalue weighted by atomic mass is 32.2. The Morgan fingerprint density at radius 1 is 1.70 bits per heavy atom. The minimum atomic E-state index is -0.712. The van der Waals surface area contributed by atoms with Crippen molar-refractivity contribution in [3.05, 3.63) is 0 Å². The molecular formula is C7H12O2S. The number of carbonyl (C=O) groups excluding carboxylic acids is 1. The Kier molecular flexibility index (Phi) is 2.74. The molecule has 0 N–H and O–H groups in total. The first kappa shape index (κ1) is 8.08. The molecule has 2 atom stereocenters. The Balaban J connectivity index is 2.39. The summed E-state index contributed by atoms with van der Waals surface area (Å²) in [5.41, 5.74) is 0. The molecule has 0 bridgehead atoms. The predicted octanol–water partition coefficient (Wildman–Crippen LogP) is 0.734. The molecule has 0 amide bonds. The van der Waals surface area contributed by atoms with Crippen LogP contribution in [0.1, 0.15) is 19.8 Å². The summed E-state index contributed by atoms with van der Waals surface area (Å²) in [7, 11) is 0. The Labute approximate surface area is 64.2 Å². The fourth-order valence-corrected chi connectivity index (χ4v) is 2.71. The summed E-state index contributed by atoms with van der Waals surface area (Å²) in [4.78, 5) is 10.8. The van der Waals surface area contributed by atoms with Gasteiger partial charge in [-0.05, 0) is 19.8 Å². The largest absolute Gasteiger partial charge is 0.616 e. The van der Waals surface area contributed by atoms with Crippen LogP contribution >= 0.6 is 0 Å². The average Bonchev–Trinajstić information content (AvgIpc) is 1.88. The lowest BCUT2D eigenvalue weighted by molar-refractivity contribution is -0.120. The second-order valence-electron chi connectivity index (χ2n) is 2.76. The van der Waals surface area contributed by atoms with E-state index in [2.05, 4.69) is 0 Å². The normalized spacial score (nSPS) is 33.8. The van der Waals surface area contributed by atoms with E-state index in [9.17, 15) is 9.35 Å². The van der Waals surface area contributed by atoms with Crippen molar-refractivity contribution in [1.29, 1.82) is 0 Å². The van der Waals surface area contributed by atoms with E-state index in [4.69, 9.17) is 0 Å². The number of hydrogen-bond donors (Lipinski definition) is 0. The molecule has 3 heteroatoms. The van der Waals surface area contributed by atoms with Crippen LogP contribution in [0.3, 0.4) is 0 Å². The summed E-state index contributed by atoms with van der Waals surface area (Å²) in [6, 6.07) is 0. The molecule has 0 aromatic rings. The fraction of sp³-hybridized carbons (Fsp3) is 0.857. The van der Waals surface area contributed by atoms with Crippen LogP contribution in [0, 0.1) is 5.92 Å². The minimum Gasteiger partial charge on any atom is -0.616 e. The van der Waals surface area contributed by atoms with Crippen molar-refractivity contribution in [3.63, 3.8) is 0 Å². The van der Waals surface area contributed by atoms with Crippen LogP contribution < -0.4 is 0 Å². The van der Waals surface area contributed by atoms with Gasteiger partial charge in [-0.3, -0.25) is 4.79 Å². The Morgan fingerprint density at radius 3 is 2.80 bits per heavy atom. The number of carbonyl (C=O) groups is 1. The van der Waals surface area contributed by atoms with Gasteiger partial charge in [-0.25, -0.2) is 0 Å². The summed E-state index contributed by atoms with van der Waals surface area (Å²) < 4.78 is 10.9. The molecule has 1 saturated heterocycles. The van der Waals surface area contributed by atoms with E-state index in [1.807, 2.05) is 0 Å². The molecule has 1 aliphatic heterocycles. The molecule has 0 aromatic heterocycles. The maximum Gasteiger partial charge on any atom is 0.137 e. The topological polar surface area (TPSA) is 40.1 Å². The van der Waals surface area contributed by atoms with Crippen LogP contribution in [0.25, 0.3) is 0 Å². The van der Waals surface area contributed by atoms with Crippen LogP contribution in [0.5, 0.6) is 0 Å². The maximum atomic E-state index is 10.9. The highest BCUT2D eigenvalue weighted by Crippen LogP contribution is 2.18. The summed E-state index contributed by atoms with van der Waals surface area (Å²) in [6.07, 6.45) is 1.90. The minimum absolute atomic E-state index is 0.0922. The number of hydrogen-bond acceptors (Lipinski definition) is 2. The lowest BCUT2D eigenvalue weighted by atomic mass is 10.0. The molecule has 58 valence electrons. The molecule has 0 aliphatic carbocycles. The Hall–Kier alpha value is -0.0200. The van der Waals surface area contributed by atoms with Crippen LogP contribution in [0.2, 0.25) is 0 Å². The predicted molar refractivity (Wildman–Crippen MR) is 41.3 cm³/mol. The van der Waals surface area contributed by atoms with E-state index < -0.39 is 11.2 Å². The summed E-state index contributed by atoms with van der Waals surface area (Å²) >= 11 is -0.712. The molecule has 0 aromatic carbocycles. The highest BCUT2D eigenvalue weighted by Gasteiger charge is 2.25. The van der Waals surface area contributed by atoms with E-state index in [0.29, 0.717) is 5.75 Å². The first-order chi connectivity index (χ1) is 4.70. The maximum absolute atomic E-state index is 10.9. The Bertz CT molecular complexity index is 136. The summed E-state index contributed by atoms with van der Waals surface area (Å²) in [5.74, 6) is 1.70. The molecule has 1 aliphatic rings. The second kappa shape index (κ2) is 3.39. The van der Waals surface area contributed by atoms with Crippen molar-refractivity contribution in [2.45, 2.75) is 19.8 Å². The van der Waals surface area contributed by atoms with Crippen LogP contribution in [-0.2, 0) is 16.0 Å². The molecule has 1 rings (SSSR count). The van der Waals surface area contributed by atoms with Crippen LogP contribution in [-0.4, -0.2) is 21.8 Å². The summed E-state index contributed by atoms with van der Waals surface area (Å²) in [5, 5.41) is 0. The van der Waals surface area contributed by atoms with Crippen molar-refractivity contribution in [2.75, 3.05) is 11.5 Å². The van der Waals surface area contributed by atoms with Crippen molar-refractivity contribution < 1.29 is 9.35 Å². The van der Waals surface area contributed by atoms with Gasteiger partial charge in [0, 0.05) is 0 Å². The SMILES string of the molecule is CC(=O)C1CCC[S+]([O-])C1. The van der Waals surface area contributed by atoms with E-state index in [1.54, 1.807) is 6.92 Å². The molecule has 2 unspecified atom stereocenters. The van der Waals surface area contributed by atoms with Gasteiger partial charge in [-0.2, -0.15) is 0 Å². The second-order valence-corrected chi connectivity index (χ2v) is 4.38. The van der Waals surface area contributed by atoms with Gasteiger partial charge in [0.1, 0.15) is 17.3 Å². The van der Waals surface area contributed by atoms with E-state index in [-0.39, 0.29) is 11.7 Å². The number of rotatable bonds is 1. The first-order valence-corrected chi connectivity index (χ1v) is 5.04. The van der Waals surface area contributed by atoms with Gasteiger partial charge in [0.05, 0.1) is 5.92 Å². The molecule has 2 nitrogen and oxygen atoms in total. The van der Waals surface area contributed by atoms with Gasteiger partial charge in [0.15, 0.2) is 0 Å². The van der Waals surface area contributed by atoms with Crippen molar-refractivity contribution in [1.82, 2.24) is 0 Å². The van der Waals surface area contributed by atoms with Crippen LogP contribution in [0.4, 0.5) is 0 Å². The van der Waals surface area contributed by atoms with Gasteiger partial charge in [-0.1, -0.05) is 11.2 Å². The third kappa shape index (κ3) is 1.99. The average molecular weight is 160 g/mol. The number of ketones is 1. The molecule has 10 heavy (non-hydrogen) atoms. The highest BCUT2D eigenvalue weighted by molar-refractivity contribution is 7.91. The van der Waals surface area contributed by atoms with Gasteiger partial charge in [0.2, 0.25) is 0 Å². The van der Waals surface area contributed by atoms with Gasteiger partial charge < -0.3 is 4.55 Å². The molecule has 1 fully saturated rings. The smallest absolute Gasteiger partial charge is 0.137 e. The van der Waals surface area contributed by atoms with Gasteiger partial charge in [0.25, 0.3) is 0 Å². The third-order valence-corrected chi connectivity index (χ3v) is 3.40. The molecular weight excluding hydrogens is 148 g/mol. The van der Waals surface area contributed by atoms with Gasteiger partial charge >= 0.3 is 0 Å². The fourth-order valence-electron chi connectivity index (χ4n) is 1.20. The first-order valence-electron chi connectivity index (χ1n) is 3.55. The molecule has 0 spiro atoms. The molecule has 0 saturated carbocycles. The summed E-state index contributed by atoms with van der Waals surface area (Å²) in [6.45, 7) is 1.59. The zero-order chi connectivity index (χ0) is 7.56. The Morgan fingerprint density at radius 2 is 2.40 bits per heavy atom. The van der Waals surface area contributed by atoms with Crippen LogP contribution in [0.15, 0.2) is 0 Å². The number of Topliss-reactive ketones (excluding diaryl/α,β-unsaturated/α-hetero) is 1. The van der Waals surface area contributed by atoms with E-state index in [0.717, 1.165) is 18.6 Å². The van der Waals surface area contributed by atoms with Crippen molar-refractivity contribution in [3.8, 4) is 0 Å². The third-order valence-electron chi connectivity index (χ3n) is 1.89. The van der Waals surface area contributed by atoms with Gasteiger partial charge in [-0.15, -0.1) is 0 Å². The van der Waals surface area contributed by atoms with E-state index in [1.165, 1.54) is 0 Å². The molecule has 1 heterocycles. The zero-order valence-electron chi connectivity index (χ0n) is 6.13. The van der Waals surface area contributed by atoms with Crippen molar-refractivity contribution in [2.24, 2.45) is 5.92 Å². The quantitative estimate of drug-likeness (QED) is 0.531. The lowest BCUT2D eigenvalue weighted by Crippen LogP contribution is -2.29.